The molecule has 7 heteroatoms. The van der Waals surface area contributed by atoms with Gasteiger partial charge in [0, 0.05) is 58.0 Å². The summed E-state index contributed by atoms with van der Waals surface area (Å²) in [5.41, 5.74) is 3.82. The Morgan fingerprint density at radius 3 is 2.46 bits per heavy atom. The molecule has 2 aliphatic heterocycles. The molecule has 0 radical (unpaired) electrons. The summed E-state index contributed by atoms with van der Waals surface area (Å²) < 4.78 is 5.31. The SMILES string of the molecule is Cc1cccc(N2CCN(C(=O)CC(=O)NCCN3CCOCC3)CC2)c1C. The predicted octanol–water partition coefficient (Wildman–Crippen LogP) is 0.791. The number of benzene rings is 1. The quantitative estimate of drug-likeness (QED) is 0.730. The zero-order chi connectivity index (χ0) is 19.9. The minimum absolute atomic E-state index is 0.0629. The van der Waals surface area contributed by atoms with E-state index in [1.807, 2.05) is 4.90 Å². The van der Waals surface area contributed by atoms with E-state index in [2.05, 4.69) is 47.2 Å². The molecule has 0 aromatic heterocycles. The fraction of sp³-hybridized carbons (Fsp3) is 0.619. The molecule has 2 amide bonds. The molecule has 2 aliphatic rings. The highest BCUT2D eigenvalue weighted by molar-refractivity contribution is 5.97. The number of carbonyl (C=O) groups excluding carboxylic acids is 2. The zero-order valence-electron chi connectivity index (χ0n) is 17.1. The summed E-state index contributed by atoms with van der Waals surface area (Å²) in [7, 11) is 0. The number of carbonyl (C=O) groups is 2. The van der Waals surface area contributed by atoms with Crippen LogP contribution in [-0.2, 0) is 14.3 Å². The Labute approximate surface area is 167 Å². The van der Waals surface area contributed by atoms with Gasteiger partial charge in [0.05, 0.1) is 13.2 Å². The van der Waals surface area contributed by atoms with Crippen molar-refractivity contribution in [3.8, 4) is 0 Å². The first-order chi connectivity index (χ1) is 13.5. The normalized spacial score (nSPS) is 18.2. The fourth-order valence-corrected chi connectivity index (χ4v) is 3.76. The number of piperazine rings is 1. The van der Waals surface area contributed by atoms with Crippen LogP contribution in [0.1, 0.15) is 17.5 Å². The second-order valence-corrected chi connectivity index (χ2v) is 7.57. The average molecular weight is 389 g/mol. The monoisotopic (exact) mass is 388 g/mol. The number of aryl methyl sites for hydroxylation is 1. The molecule has 0 unspecified atom stereocenters. The van der Waals surface area contributed by atoms with Crippen LogP contribution in [0.3, 0.4) is 0 Å². The molecule has 0 bridgehead atoms. The summed E-state index contributed by atoms with van der Waals surface area (Å²) >= 11 is 0. The number of anilines is 1. The first-order valence-corrected chi connectivity index (χ1v) is 10.2. The van der Waals surface area contributed by atoms with Crippen molar-refractivity contribution in [2.45, 2.75) is 20.3 Å². The third-order valence-electron chi connectivity index (χ3n) is 5.71. The van der Waals surface area contributed by atoms with Gasteiger partial charge in [-0.1, -0.05) is 12.1 Å². The number of rotatable bonds is 6. The van der Waals surface area contributed by atoms with E-state index in [4.69, 9.17) is 4.74 Å². The standard InChI is InChI=1S/C21H32N4O3/c1-17-4-3-5-19(18(17)2)24-8-10-25(11-9-24)21(27)16-20(26)22-6-7-23-12-14-28-15-13-23/h3-5H,6-16H2,1-2H3,(H,22,26). The van der Waals surface area contributed by atoms with Crippen LogP contribution >= 0.6 is 0 Å². The minimum Gasteiger partial charge on any atom is -0.379 e. The van der Waals surface area contributed by atoms with E-state index in [0.29, 0.717) is 19.6 Å². The van der Waals surface area contributed by atoms with Crippen molar-refractivity contribution in [1.82, 2.24) is 15.1 Å². The molecule has 0 atom stereocenters. The molecule has 1 aromatic rings. The maximum absolute atomic E-state index is 12.5. The van der Waals surface area contributed by atoms with E-state index >= 15 is 0 Å². The molecule has 0 saturated carbocycles. The van der Waals surface area contributed by atoms with Crippen LogP contribution in [0.5, 0.6) is 0 Å². The van der Waals surface area contributed by atoms with Gasteiger partial charge in [-0.2, -0.15) is 0 Å². The van der Waals surface area contributed by atoms with Gasteiger partial charge in [0.15, 0.2) is 0 Å². The van der Waals surface area contributed by atoms with E-state index < -0.39 is 0 Å². The highest BCUT2D eigenvalue weighted by Crippen LogP contribution is 2.23. The molecular formula is C21H32N4O3. The summed E-state index contributed by atoms with van der Waals surface area (Å²) in [6, 6.07) is 6.34. The van der Waals surface area contributed by atoms with Gasteiger partial charge >= 0.3 is 0 Å². The van der Waals surface area contributed by atoms with Crippen LogP contribution in [-0.4, -0.2) is 87.2 Å². The van der Waals surface area contributed by atoms with Gasteiger partial charge in [0.1, 0.15) is 6.42 Å². The Hall–Kier alpha value is -2.12. The van der Waals surface area contributed by atoms with Crippen LogP contribution in [0.25, 0.3) is 0 Å². The lowest BCUT2D eigenvalue weighted by molar-refractivity contribution is -0.136. The van der Waals surface area contributed by atoms with E-state index in [0.717, 1.165) is 45.9 Å². The Morgan fingerprint density at radius 2 is 1.75 bits per heavy atom. The van der Waals surface area contributed by atoms with Crippen LogP contribution in [0.15, 0.2) is 18.2 Å². The summed E-state index contributed by atoms with van der Waals surface area (Å²) in [6.45, 7) is 11.9. The molecule has 2 fully saturated rings. The first kappa shape index (κ1) is 20.6. The molecule has 7 nitrogen and oxygen atoms in total. The van der Waals surface area contributed by atoms with Crippen LogP contribution in [0, 0.1) is 13.8 Å². The second-order valence-electron chi connectivity index (χ2n) is 7.57. The van der Waals surface area contributed by atoms with Crippen molar-refractivity contribution in [1.29, 1.82) is 0 Å². The highest BCUT2D eigenvalue weighted by Gasteiger charge is 2.23. The van der Waals surface area contributed by atoms with Crippen LogP contribution < -0.4 is 10.2 Å². The largest absolute Gasteiger partial charge is 0.379 e. The third kappa shape index (κ3) is 5.45. The molecular weight excluding hydrogens is 356 g/mol. The van der Waals surface area contributed by atoms with E-state index in [-0.39, 0.29) is 18.2 Å². The van der Waals surface area contributed by atoms with Crippen molar-refractivity contribution in [2.24, 2.45) is 0 Å². The summed E-state index contributed by atoms with van der Waals surface area (Å²) in [5, 5.41) is 2.87. The molecule has 154 valence electrons. The van der Waals surface area contributed by atoms with Crippen molar-refractivity contribution < 1.29 is 14.3 Å². The van der Waals surface area contributed by atoms with Gasteiger partial charge < -0.3 is 19.9 Å². The zero-order valence-corrected chi connectivity index (χ0v) is 17.1. The minimum atomic E-state index is -0.185. The summed E-state index contributed by atoms with van der Waals surface area (Å²) in [5.74, 6) is -0.264. The Bertz CT molecular complexity index is 680. The van der Waals surface area contributed by atoms with Crippen molar-refractivity contribution in [3.05, 3.63) is 29.3 Å². The highest BCUT2D eigenvalue weighted by atomic mass is 16.5. The topological polar surface area (TPSA) is 65.1 Å². The Kier molecular flexibility index (Phi) is 7.28. The van der Waals surface area contributed by atoms with Gasteiger partial charge in [-0.15, -0.1) is 0 Å². The lowest BCUT2D eigenvalue weighted by atomic mass is 10.1. The molecule has 2 saturated heterocycles. The van der Waals surface area contributed by atoms with Gasteiger partial charge in [0.25, 0.3) is 0 Å². The molecule has 0 aliphatic carbocycles. The lowest BCUT2D eigenvalue weighted by Gasteiger charge is -2.37. The molecule has 1 N–H and O–H groups in total. The number of hydrogen-bond donors (Lipinski definition) is 1. The number of hydrogen-bond acceptors (Lipinski definition) is 5. The number of ether oxygens (including phenoxy) is 1. The Morgan fingerprint density at radius 1 is 1.04 bits per heavy atom. The van der Waals surface area contributed by atoms with Crippen LogP contribution in [0.2, 0.25) is 0 Å². The maximum Gasteiger partial charge on any atom is 0.232 e. The van der Waals surface area contributed by atoms with E-state index in [9.17, 15) is 9.59 Å². The predicted molar refractivity (Wildman–Crippen MR) is 110 cm³/mol. The van der Waals surface area contributed by atoms with Gasteiger partial charge in [-0.05, 0) is 31.0 Å². The average Bonchev–Trinajstić information content (AvgIpc) is 2.71. The fourth-order valence-electron chi connectivity index (χ4n) is 3.76. The molecule has 28 heavy (non-hydrogen) atoms. The first-order valence-electron chi connectivity index (χ1n) is 10.2. The number of nitrogens with zero attached hydrogens (tertiary/aromatic N) is 3. The summed E-state index contributed by atoms with van der Waals surface area (Å²) in [4.78, 5) is 30.9. The van der Waals surface area contributed by atoms with Crippen molar-refractivity contribution in [2.75, 3.05) is 70.5 Å². The van der Waals surface area contributed by atoms with Crippen molar-refractivity contribution in [3.63, 3.8) is 0 Å². The van der Waals surface area contributed by atoms with Gasteiger partial charge in [-0.25, -0.2) is 0 Å². The molecule has 1 aromatic carbocycles. The second kappa shape index (κ2) is 9.89. The molecule has 0 spiro atoms. The number of morpholine rings is 1. The van der Waals surface area contributed by atoms with Crippen molar-refractivity contribution >= 4 is 17.5 Å². The number of nitrogens with one attached hydrogen (secondary N) is 1. The van der Waals surface area contributed by atoms with E-state index in [1.165, 1.54) is 16.8 Å². The smallest absolute Gasteiger partial charge is 0.232 e. The third-order valence-corrected chi connectivity index (χ3v) is 5.71. The number of amides is 2. The Balaban J connectivity index is 1.38. The van der Waals surface area contributed by atoms with Gasteiger partial charge in [0.2, 0.25) is 11.8 Å². The molecule has 3 rings (SSSR count). The summed E-state index contributed by atoms with van der Waals surface area (Å²) in [6.07, 6.45) is -0.0629. The lowest BCUT2D eigenvalue weighted by Crippen LogP contribution is -2.50. The molecule has 2 heterocycles. The van der Waals surface area contributed by atoms with E-state index in [1.54, 1.807) is 0 Å². The van der Waals surface area contributed by atoms with Crippen LogP contribution in [0.4, 0.5) is 5.69 Å². The maximum atomic E-state index is 12.5. The van der Waals surface area contributed by atoms with Gasteiger partial charge in [-0.3, -0.25) is 14.5 Å².